The Morgan fingerprint density at radius 1 is 1.19 bits per heavy atom. The van der Waals surface area contributed by atoms with Crippen LogP contribution in [0.5, 0.6) is 0 Å². The molecule has 0 unspecified atom stereocenters. The molecule has 3 nitrogen and oxygen atoms in total. The number of halogens is 1. The molecule has 3 N–H and O–H groups in total. The lowest BCUT2D eigenvalue weighted by Crippen LogP contribution is -2.18. The summed E-state index contributed by atoms with van der Waals surface area (Å²) in [4.78, 5) is 12.6. The van der Waals surface area contributed by atoms with Crippen molar-refractivity contribution in [1.29, 1.82) is 0 Å². The van der Waals surface area contributed by atoms with Gasteiger partial charge in [0.15, 0.2) is 0 Å². The molecular formula is C16H15ClN2OS. The third kappa shape index (κ3) is 3.40. The van der Waals surface area contributed by atoms with E-state index in [0.29, 0.717) is 21.8 Å². The van der Waals surface area contributed by atoms with Crippen molar-refractivity contribution >= 4 is 40.4 Å². The van der Waals surface area contributed by atoms with Gasteiger partial charge in [-0.1, -0.05) is 36.0 Å². The first-order chi connectivity index (χ1) is 9.90. The molecule has 0 aliphatic heterocycles. The van der Waals surface area contributed by atoms with Gasteiger partial charge in [-0.05, 0) is 49.2 Å². The second kappa shape index (κ2) is 6.24. The van der Waals surface area contributed by atoms with Gasteiger partial charge < -0.3 is 11.1 Å². The summed E-state index contributed by atoms with van der Waals surface area (Å²) in [6.07, 6.45) is 0. The monoisotopic (exact) mass is 318 g/mol. The van der Waals surface area contributed by atoms with Crippen molar-refractivity contribution in [3.63, 3.8) is 0 Å². The van der Waals surface area contributed by atoms with Gasteiger partial charge in [-0.3, -0.25) is 4.79 Å². The van der Waals surface area contributed by atoms with Crippen LogP contribution in [0.1, 0.15) is 27.0 Å². The summed E-state index contributed by atoms with van der Waals surface area (Å²) >= 11 is 11.0. The summed E-state index contributed by atoms with van der Waals surface area (Å²) in [5, 5.41) is 3.48. The maximum Gasteiger partial charge on any atom is 0.255 e. The van der Waals surface area contributed by atoms with Crippen molar-refractivity contribution in [2.45, 2.75) is 13.8 Å². The highest BCUT2D eigenvalue weighted by Gasteiger charge is 2.13. The van der Waals surface area contributed by atoms with Crippen LogP contribution in [0.15, 0.2) is 36.4 Å². The lowest BCUT2D eigenvalue weighted by molar-refractivity contribution is 0.102. The Hall–Kier alpha value is -1.91. The number of rotatable bonds is 3. The SMILES string of the molecule is Cc1cc(C(=O)Nc2cccc(C)c2C(N)=S)ccc1Cl. The number of hydrogen-bond acceptors (Lipinski definition) is 2. The minimum absolute atomic E-state index is 0.224. The zero-order chi connectivity index (χ0) is 15.6. The summed E-state index contributed by atoms with van der Waals surface area (Å²) in [6.45, 7) is 3.75. The number of carbonyl (C=O) groups excluding carboxylic acids is 1. The number of nitrogens with two attached hydrogens (primary N) is 1. The van der Waals surface area contributed by atoms with Gasteiger partial charge in [0.05, 0.1) is 5.69 Å². The van der Waals surface area contributed by atoms with E-state index in [-0.39, 0.29) is 10.9 Å². The van der Waals surface area contributed by atoms with Crippen molar-refractivity contribution in [2.24, 2.45) is 5.73 Å². The number of carbonyl (C=O) groups is 1. The summed E-state index contributed by atoms with van der Waals surface area (Å²) in [5.74, 6) is -0.224. The van der Waals surface area contributed by atoms with E-state index in [1.54, 1.807) is 24.3 Å². The van der Waals surface area contributed by atoms with Gasteiger partial charge in [0.25, 0.3) is 5.91 Å². The summed E-state index contributed by atoms with van der Waals surface area (Å²) < 4.78 is 0. The van der Waals surface area contributed by atoms with E-state index in [4.69, 9.17) is 29.6 Å². The fourth-order valence-corrected chi connectivity index (χ4v) is 2.47. The Bertz CT molecular complexity index is 728. The maximum absolute atomic E-state index is 12.3. The second-order valence-electron chi connectivity index (χ2n) is 4.78. The molecule has 2 rings (SSSR count). The van der Waals surface area contributed by atoms with E-state index in [1.165, 1.54) is 0 Å². The minimum Gasteiger partial charge on any atom is -0.389 e. The predicted octanol–water partition coefficient (Wildman–Crippen LogP) is 3.84. The zero-order valence-corrected chi connectivity index (χ0v) is 13.3. The highest BCUT2D eigenvalue weighted by atomic mass is 35.5. The summed E-state index contributed by atoms with van der Waals surface area (Å²) in [5.41, 5.74) is 9.34. The van der Waals surface area contributed by atoms with Crippen molar-refractivity contribution in [3.8, 4) is 0 Å². The van der Waals surface area contributed by atoms with Crippen LogP contribution in [0, 0.1) is 13.8 Å². The Morgan fingerprint density at radius 3 is 2.52 bits per heavy atom. The zero-order valence-electron chi connectivity index (χ0n) is 11.7. The molecule has 0 atom stereocenters. The molecule has 0 aliphatic rings. The van der Waals surface area contributed by atoms with Gasteiger partial charge in [0.2, 0.25) is 0 Å². The lowest BCUT2D eigenvalue weighted by atomic mass is 10.1. The lowest BCUT2D eigenvalue weighted by Gasteiger charge is -2.13. The number of benzene rings is 2. The van der Waals surface area contributed by atoms with Crippen molar-refractivity contribution < 1.29 is 4.79 Å². The molecule has 21 heavy (non-hydrogen) atoms. The van der Waals surface area contributed by atoms with Crippen molar-refractivity contribution in [2.75, 3.05) is 5.32 Å². The first kappa shape index (κ1) is 15.5. The number of anilines is 1. The molecule has 0 aromatic heterocycles. The van der Waals surface area contributed by atoms with Gasteiger partial charge in [-0.15, -0.1) is 0 Å². The van der Waals surface area contributed by atoms with Gasteiger partial charge in [-0.2, -0.15) is 0 Å². The molecule has 0 aliphatic carbocycles. The Balaban J connectivity index is 2.34. The molecule has 2 aromatic carbocycles. The van der Waals surface area contributed by atoms with Crippen LogP contribution >= 0.6 is 23.8 Å². The van der Waals surface area contributed by atoms with E-state index in [9.17, 15) is 4.79 Å². The third-order valence-corrected chi connectivity index (χ3v) is 3.82. The molecule has 1 amide bonds. The second-order valence-corrected chi connectivity index (χ2v) is 5.63. The van der Waals surface area contributed by atoms with E-state index < -0.39 is 0 Å². The largest absolute Gasteiger partial charge is 0.389 e. The first-order valence-corrected chi connectivity index (χ1v) is 7.15. The van der Waals surface area contributed by atoms with Crippen LogP contribution in [-0.4, -0.2) is 10.9 Å². The Kier molecular flexibility index (Phi) is 4.60. The molecule has 0 saturated heterocycles. The molecule has 0 heterocycles. The molecule has 0 saturated carbocycles. The van der Waals surface area contributed by atoms with Crippen LogP contribution in [0.3, 0.4) is 0 Å². The van der Waals surface area contributed by atoms with Crippen LogP contribution < -0.4 is 11.1 Å². The molecule has 0 fully saturated rings. The van der Waals surface area contributed by atoms with Gasteiger partial charge in [-0.25, -0.2) is 0 Å². The molecular weight excluding hydrogens is 304 g/mol. The highest BCUT2D eigenvalue weighted by molar-refractivity contribution is 7.80. The average molecular weight is 319 g/mol. The average Bonchev–Trinajstić information content (AvgIpc) is 2.41. The first-order valence-electron chi connectivity index (χ1n) is 6.37. The molecule has 108 valence electrons. The number of amides is 1. The highest BCUT2D eigenvalue weighted by Crippen LogP contribution is 2.21. The topological polar surface area (TPSA) is 55.1 Å². The molecule has 0 radical (unpaired) electrons. The van der Waals surface area contributed by atoms with Crippen LogP contribution in [0.25, 0.3) is 0 Å². The van der Waals surface area contributed by atoms with E-state index in [2.05, 4.69) is 5.32 Å². The van der Waals surface area contributed by atoms with Gasteiger partial charge in [0.1, 0.15) is 4.99 Å². The third-order valence-electron chi connectivity index (χ3n) is 3.19. The molecule has 0 bridgehead atoms. The van der Waals surface area contributed by atoms with Crippen LogP contribution in [-0.2, 0) is 0 Å². The van der Waals surface area contributed by atoms with Crippen LogP contribution in [0.2, 0.25) is 5.02 Å². The number of nitrogens with one attached hydrogen (secondary N) is 1. The molecule has 0 spiro atoms. The van der Waals surface area contributed by atoms with Gasteiger partial charge >= 0.3 is 0 Å². The predicted molar refractivity (Wildman–Crippen MR) is 91.2 cm³/mol. The fourth-order valence-electron chi connectivity index (χ4n) is 2.08. The van der Waals surface area contributed by atoms with Gasteiger partial charge in [0, 0.05) is 16.1 Å². The van der Waals surface area contributed by atoms with Crippen LogP contribution in [0.4, 0.5) is 5.69 Å². The normalized spacial score (nSPS) is 10.2. The molecule has 2 aromatic rings. The quantitative estimate of drug-likeness (QED) is 0.845. The van der Waals surface area contributed by atoms with E-state index >= 15 is 0 Å². The van der Waals surface area contributed by atoms with Crippen molar-refractivity contribution in [3.05, 3.63) is 63.7 Å². The van der Waals surface area contributed by atoms with E-state index in [1.807, 2.05) is 26.0 Å². The number of aryl methyl sites for hydroxylation is 2. The fraction of sp³-hybridized carbons (Fsp3) is 0.125. The smallest absolute Gasteiger partial charge is 0.255 e. The standard InChI is InChI=1S/C16H15ClN2OS/c1-9-4-3-5-13(14(9)15(18)21)19-16(20)11-6-7-12(17)10(2)8-11/h3-8H,1-2H3,(H2,18,21)(H,19,20). The number of hydrogen-bond donors (Lipinski definition) is 2. The summed E-state index contributed by atoms with van der Waals surface area (Å²) in [6, 6.07) is 10.7. The van der Waals surface area contributed by atoms with Crippen molar-refractivity contribution in [1.82, 2.24) is 0 Å². The Labute approximate surface area is 134 Å². The Morgan fingerprint density at radius 2 is 1.90 bits per heavy atom. The minimum atomic E-state index is -0.224. The number of thiocarbonyl (C=S) groups is 1. The maximum atomic E-state index is 12.3. The molecule has 5 heteroatoms. The summed E-state index contributed by atoms with van der Waals surface area (Å²) in [7, 11) is 0. The van der Waals surface area contributed by atoms with E-state index in [0.717, 1.165) is 11.1 Å².